The van der Waals surface area contributed by atoms with Crippen LogP contribution >= 0.6 is 46.4 Å². The Bertz CT molecular complexity index is 705. The number of carbonyl (C=O) groups is 1. The lowest BCUT2D eigenvalue weighted by Gasteiger charge is -2.25. The molecule has 1 aromatic carbocycles. The lowest BCUT2D eigenvalue weighted by atomic mass is 10.1. The Morgan fingerprint density at radius 2 is 1.70 bits per heavy atom. The third kappa shape index (κ3) is 3.76. The second kappa shape index (κ2) is 6.16. The van der Waals surface area contributed by atoms with Crippen LogP contribution in [0.1, 0.15) is 12.5 Å². The standard InChI is InChI=1S/C13H7Cl4F3N2O/c1-12(17)4-7(14)5-21-22(11(12)23)10-8(15)2-6(3-9(10)16)13(18,19)20/h2-5H,1H3. The van der Waals surface area contributed by atoms with Crippen molar-refractivity contribution in [1.29, 1.82) is 0 Å². The van der Waals surface area contributed by atoms with Crippen molar-refractivity contribution in [3.63, 3.8) is 0 Å². The van der Waals surface area contributed by atoms with Gasteiger partial charge in [0.1, 0.15) is 10.6 Å². The molecule has 0 aromatic heterocycles. The summed E-state index contributed by atoms with van der Waals surface area (Å²) in [7, 11) is 0. The van der Waals surface area contributed by atoms with Crippen molar-refractivity contribution in [2.45, 2.75) is 18.0 Å². The highest BCUT2D eigenvalue weighted by Crippen LogP contribution is 2.42. The predicted octanol–water partition coefficient (Wildman–Crippen LogP) is 5.46. The Labute approximate surface area is 149 Å². The van der Waals surface area contributed by atoms with Gasteiger partial charge in [0.25, 0.3) is 5.91 Å². The fourth-order valence-electron chi connectivity index (χ4n) is 1.82. The Kier molecular flexibility index (Phi) is 4.93. The number of hydrazone groups is 1. The van der Waals surface area contributed by atoms with E-state index in [9.17, 15) is 18.0 Å². The van der Waals surface area contributed by atoms with Crippen molar-refractivity contribution in [1.82, 2.24) is 0 Å². The van der Waals surface area contributed by atoms with Gasteiger partial charge in [-0.2, -0.15) is 23.3 Å². The fraction of sp³-hybridized carbons (Fsp3) is 0.231. The quantitative estimate of drug-likeness (QED) is 0.570. The first-order valence-electron chi connectivity index (χ1n) is 5.95. The van der Waals surface area contributed by atoms with E-state index in [4.69, 9.17) is 46.4 Å². The summed E-state index contributed by atoms with van der Waals surface area (Å²) in [5.41, 5.74) is -1.26. The molecule has 1 aliphatic heterocycles. The van der Waals surface area contributed by atoms with Gasteiger partial charge in [-0.3, -0.25) is 4.79 Å². The number of anilines is 1. The summed E-state index contributed by atoms with van der Waals surface area (Å²) in [6, 6.07) is 1.30. The summed E-state index contributed by atoms with van der Waals surface area (Å²) in [6.45, 7) is 1.35. The van der Waals surface area contributed by atoms with Crippen LogP contribution in [-0.2, 0) is 11.0 Å². The number of hydrogen-bond acceptors (Lipinski definition) is 2. The molecule has 0 N–H and O–H groups in total. The average Bonchev–Trinajstić information content (AvgIpc) is 2.47. The van der Waals surface area contributed by atoms with Gasteiger partial charge in [0, 0.05) is 0 Å². The number of halogens is 7. The molecule has 0 fully saturated rings. The molecule has 0 saturated heterocycles. The minimum Gasteiger partial charge on any atom is -0.270 e. The highest BCUT2D eigenvalue weighted by atomic mass is 35.5. The topological polar surface area (TPSA) is 32.7 Å². The molecule has 3 nitrogen and oxygen atoms in total. The van der Waals surface area contributed by atoms with Gasteiger partial charge >= 0.3 is 6.18 Å². The summed E-state index contributed by atoms with van der Waals surface area (Å²) in [6.07, 6.45) is -2.28. The molecular weight excluding hydrogens is 399 g/mol. The van der Waals surface area contributed by atoms with Crippen molar-refractivity contribution in [3.8, 4) is 0 Å². The maximum absolute atomic E-state index is 12.8. The zero-order valence-electron chi connectivity index (χ0n) is 11.3. The molecular formula is C13H7Cl4F3N2O. The van der Waals surface area contributed by atoms with E-state index >= 15 is 0 Å². The Balaban J connectivity index is 2.59. The van der Waals surface area contributed by atoms with Gasteiger partial charge < -0.3 is 0 Å². The van der Waals surface area contributed by atoms with E-state index in [1.807, 2.05) is 0 Å². The summed E-state index contributed by atoms with van der Waals surface area (Å²) in [5, 5.41) is 3.79. The third-order valence-electron chi connectivity index (χ3n) is 2.87. The van der Waals surface area contributed by atoms with E-state index in [2.05, 4.69) is 5.10 Å². The van der Waals surface area contributed by atoms with Gasteiger partial charge in [-0.05, 0) is 25.1 Å². The van der Waals surface area contributed by atoms with E-state index in [1.165, 1.54) is 13.0 Å². The molecule has 23 heavy (non-hydrogen) atoms. The number of benzene rings is 1. The highest BCUT2D eigenvalue weighted by Gasteiger charge is 2.38. The van der Waals surface area contributed by atoms with Crippen LogP contribution < -0.4 is 5.01 Å². The van der Waals surface area contributed by atoms with Crippen LogP contribution in [-0.4, -0.2) is 17.0 Å². The molecule has 1 heterocycles. The number of carbonyl (C=O) groups excluding carboxylic acids is 1. The van der Waals surface area contributed by atoms with Crippen LogP contribution in [0, 0.1) is 0 Å². The van der Waals surface area contributed by atoms with Crippen molar-refractivity contribution in [2.75, 3.05) is 5.01 Å². The van der Waals surface area contributed by atoms with Crippen LogP contribution in [0.15, 0.2) is 28.3 Å². The Morgan fingerprint density at radius 1 is 1.17 bits per heavy atom. The smallest absolute Gasteiger partial charge is 0.270 e. The first-order chi connectivity index (χ1) is 10.4. The lowest BCUT2D eigenvalue weighted by Crippen LogP contribution is -2.39. The molecule has 10 heteroatoms. The lowest BCUT2D eigenvalue weighted by molar-refractivity contribution is -0.137. The second-order valence-corrected chi connectivity index (χ2v) is 6.79. The van der Waals surface area contributed by atoms with Gasteiger partial charge in [0.05, 0.1) is 26.9 Å². The summed E-state index contributed by atoms with van der Waals surface area (Å²) < 4.78 is 38.3. The van der Waals surface area contributed by atoms with E-state index in [-0.39, 0.29) is 10.7 Å². The molecule has 1 aromatic rings. The summed E-state index contributed by atoms with van der Waals surface area (Å²) in [5.74, 6) is -0.769. The molecule has 1 aliphatic rings. The van der Waals surface area contributed by atoms with Gasteiger partial charge in [0.2, 0.25) is 0 Å². The fourth-order valence-corrected chi connectivity index (χ4v) is 2.98. The van der Waals surface area contributed by atoms with Crippen molar-refractivity contribution in [3.05, 3.63) is 38.8 Å². The minimum absolute atomic E-state index is 0.0810. The van der Waals surface area contributed by atoms with Crippen LogP contribution in [0.4, 0.5) is 18.9 Å². The van der Waals surface area contributed by atoms with Gasteiger partial charge in [-0.15, -0.1) is 11.6 Å². The van der Waals surface area contributed by atoms with Crippen LogP contribution in [0.3, 0.4) is 0 Å². The van der Waals surface area contributed by atoms with E-state index in [1.54, 1.807) is 0 Å². The number of nitrogens with zero attached hydrogens (tertiary/aromatic N) is 2. The maximum Gasteiger partial charge on any atom is 0.416 e. The number of rotatable bonds is 1. The first kappa shape index (κ1) is 18.4. The Hall–Kier alpha value is -0.950. The Morgan fingerprint density at radius 3 is 2.17 bits per heavy atom. The molecule has 1 unspecified atom stereocenters. The van der Waals surface area contributed by atoms with E-state index in [0.717, 1.165) is 11.2 Å². The molecule has 1 amide bonds. The largest absolute Gasteiger partial charge is 0.416 e. The summed E-state index contributed by atoms with van der Waals surface area (Å²) in [4.78, 5) is 10.9. The van der Waals surface area contributed by atoms with Crippen molar-refractivity contribution < 1.29 is 18.0 Å². The molecule has 0 radical (unpaired) electrons. The maximum atomic E-state index is 12.8. The molecule has 0 bridgehead atoms. The minimum atomic E-state index is -4.64. The van der Waals surface area contributed by atoms with Crippen molar-refractivity contribution in [2.24, 2.45) is 5.10 Å². The average molecular weight is 406 g/mol. The van der Waals surface area contributed by atoms with E-state index < -0.39 is 32.6 Å². The monoisotopic (exact) mass is 404 g/mol. The molecule has 1 atom stereocenters. The van der Waals surface area contributed by atoms with Crippen LogP contribution in [0.5, 0.6) is 0 Å². The van der Waals surface area contributed by atoms with Gasteiger partial charge in [-0.25, -0.2) is 0 Å². The predicted molar refractivity (Wildman–Crippen MR) is 85.6 cm³/mol. The zero-order valence-corrected chi connectivity index (χ0v) is 14.3. The number of allylic oxidation sites excluding steroid dienone is 1. The number of amides is 1. The normalized spacial score (nSPS) is 22.2. The van der Waals surface area contributed by atoms with Crippen LogP contribution in [0.25, 0.3) is 0 Å². The molecule has 0 saturated carbocycles. The van der Waals surface area contributed by atoms with Gasteiger partial charge in [-0.1, -0.05) is 34.8 Å². The van der Waals surface area contributed by atoms with Gasteiger partial charge in [0.15, 0.2) is 0 Å². The molecule has 0 spiro atoms. The first-order valence-corrected chi connectivity index (χ1v) is 7.46. The van der Waals surface area contributed by atoms with E-state index in [0.29, 0.717) is 12.1 Å². The summed E-state index contributed by atoms with van der Waals surface area (Å²) >= 11 is 23.7. The van der Waals surface area contributed by atoms with Crippen molar-refractivity contribution >= 4 is 64.2 Å². The zero-order chi connectivity index (χ0) is 17.6. The second-order valence-electron chi connectivity index (χ2n) is 4.75. The molecule has 124 valence electrons. The molecule has 0 aliphatic carbocycles. The molecule has 2 rings (SSSR count). The number of alkyl halides is 4. The van der Waals surface area contributed by atoms with Crippen LogP contribution in [0.2, 0.25) is 10.0 Å². The SMILES string of the molecule is CC1(Cl)C=C(Cl)C=NN(c2c(Cl)cc(C(F)(F)F)cc2Cl)C1=O. The number of hydrogen-bond donors (Lipinski definition) is 0. The third-order valence-corrected chi connectivity index (χ3v) is 3.93. The highest BCUT2D eigenvalue weighted by molar-refractivity contribution is 6.45.